The molecule has 1 aromatic heterocycles. The molecule has 0 saturated heterocycles. The molecule has 0 bridgehead atoms. The number of aromatic nitrogens is 3. The Morgan fingerprint density at radius 2 is 1.97 bits per heavy atom. The second-order valence-electron chi connectivity index (χ2n) is 7.26. The Kier molecular flexibility index (Phi) is 7.88. The lowest BCUT2D eigenvalue weighted by Crippen LogP contribution is -2.60. The number of carbonyl (C=O) groups excluding carboxylic acids is 1. The van der Waals surface area contributed by atoms with E-state index in [0.29, 0.717) is 12.1 Å². The maximum absolute atomic E-state index is 12.0. The van der Waals surface area contributed by atoms with Crippen LogP contribution in [-0.4, -0.2) is 61.4 Å². The molecule has 5 N–H and O–H groups in total. The van der Waals surface area contributed by atoms with Crippen LogP contribution in [0, 0.1) is 0 Å². The predicted molar refractivity (Wildman–Crippen MR) is 105 cm³/mol. The van der Waals surface area contributed by atoms with E-state index in [1.165, 1.54) is 23.9 Å². The maximum atomic E-state index is 12.0. The first-order valence-corrected chi connectivity index (χ1v) is 9.96. The zero-order valence-electron chi connectivity index (χ0n) is 17.3. The van der Waals surface area contributed by atoms with Gasteiger partial charge >= 0.3 is 5.97 Å². The number of carbonyl (C=O) groups is 2. The van der Waals surface area contributed by atoms with E-state index in [2.05, 4.69) is 15.6 Å². The highest BCUT2D eigenvalue weighted by Gasteiger charge is 2.43. The van der Waals surface area contributed by atoms with Crippen LogP contribution in [0.5, 0.6) is 0 Å². The lowest BCUT2D eigenvalue weighted by atomic mass is 9.83. The summed E-state index contributed by atoms with van der Waals surface area (Å²) >= 11 is 0. The van der Waals surface area contributed by atoms with Crippen LogP contribution in [0.4, 0.5) is 0 Å². The standard InChI is InChI=1S/C19H31N5O5/c1-5-11(6-2)29-15-8-12(19(27)28)18(16(20)17(15)21-10(4)25)24-9-13(22-23-24)14(26)7-3/h8-9,11,14-18,26H,5-7,20H2,1-4H3,(H,21,25)(H,27,28)/t14?,15-,16-,17+,18-/m1/s1. The number of carboxylic acids is 1. The van der Waals surface area contributed by atoms with Crippen molar-refractivity contribution in [2.45, 2.75) is 83.4 Å². The molecule has 0 fully saturated rings. The minimum absolute atomic E-state index is 0.0116. The third-order valence-electron chi connectivity index (χ3n) is 5.21. The van der Waals surface area contributed by atoms with Crippen LogP contribution in [0.3, 0.4) is 0 Å². The van der Waals surface area contributed by atoms with Crippen LogP contribution >= 0.6 is 0 Å². The number of rotatable bonds is 9. The monoisotopic (exact) mass is 409 g/mol. The van der Waals surface area contributed by atoms with Gasteiger partial charge in [-0.25, -0.2) is 9.48 Å². The fourth-order valence-electron chi connectivity index (χ4n) is 3.55. The summed E-state index contributed by atoms with van der Waals surface area (Å²) in [5, 5.41) is 30.5. The van der Waals surface area contributed by atoms with Crippen molar-refractivity contribution in [2.24, 2.45) is 5.73 Å². The Balaban J connectivity index is 2.48. The summed E-state index contributed by atoms with van der Waals surface area (Å²) in [7, 11) is 0. The van der Waals surface area contributed by atoms with E-state index in [9.17, 15) is 19.8 Å². The summed E-state index contributed by atoms with van der Waals surface area (Å²) in [6, 6.07) is -2.36. The molecule has 1 aromatic rings. The van der Waals surface area contributed by atoms with Crippen LogP contribution in [0.15, 0.2) is 17.8 Å². The van der Waals surface area contributed by atoms with Crippen molar-refractivity contribution in [3.63, 3.8) is 0 Å². The van der Waals surface area contributed by atoms with E-state index in [-0.39, 0.29) is 17.6 Å². The normalized spacial score (nSPS) is 25.6. The zero-order valence-corrected chi connectivity index (χ0v) is 17.3. The molecule has 0 aliphatic heterocycles. The third kappa shape index (κ3) is 5.20. The lowest BCUT2D eigenvalue weighted by molar-refractivity contribution is -0.134. The number of nitrogens with two attached hydrogens (primary N) is 1. The number of nitrogens with zero attached hydrogens (tertiary/aromatic N) is 3. The van der Waals surface area contributed by atoms with Gasteiger partial charge in [0.2, 0.25) is 5.91 Å². The van der Waals surface area contributed by atoms with Gasteiger partial charge in [0.25, 0.3) is 0 Å². The van der Waals surface area contributed by atoms with Crippen molar-refractivity contribution in [3.05, 3.63) is 23.5 Å². The van der Waals surface area contributed by atoms with E-state index < -0.39 is 36.3 Å². The van der Waals surface area contributed by atoms with Crippen LogP contribution in [-0.2, 0) is 14.3 Å². The van der Waals surface area contributed by atoms with Crippen molar-refractivity contribution in [1.82, 2.24) is 20.3 Å². The van der Waals surface area contributed by atoms with Crippen molar-refractivity contribution in [2.75, 3.05) is 0 Å². The Hall–Kier alpha value is -2.30. The molecule has 1 amide bonds. The third-order valence-corrected chi connectivity index (χ3v) is 5.21. The number of nitrogens with one attached hydrogen (secondary N) is 1. The fraction of sp³-hybridized carbons (Fsp3) is 0.684. The van der Waals surface area contributed by atoms with Crippen molar-refractivity contribution in [3.8, 4) is 0 Å². The second kappa shape index (κ2) is 9.95. The van der Waals surface area contributed by atoms with E-state index in [1.807, 2.05) is 13.8 Å². The number of ether oxygens (including phenoxy) is 1. The first kappa shape index (κ1) is 23.0. The molecule has 0 spiro atoms. The molecule has 2 rings (SSSR count). The molecule has 10 nitrogen and oxygen atoms in total. The molecule has 10 heteroatoms. The SMILES string of the molecule is CCC(CC)O[C@@H]1C=C(C(=O)O)[C@@H](n2cc(C(O)CC)nn2)[C@H](N)[C@H]1NC(C)=O. The Morgan fingerprint density at radius 1 is 1.31 bits per heavy atom. The summed E-state index contributed by atoms with van der Waals surface area (Å²) in [4.78, 5) is 23.8. The number of hydrogen-bond acceptors (Lipinski definition) is 7. The minimum Gasteiger partial charge on any atom is -0.478 e. The van der Waals surface area contributed by atoms with Crippen LogP contribution < -0.4 is 11.1 Å². The molecule has 0 saturated carbocycles. The molecule has 1 aliphatic rings. The van der Waals surface area contributed by atoms with Crippen LogP contribution in [0.1, 0.15) is 64.8 Å². The number of hydrogen-bond donors (Lipinski definition) is 4. The van der Waals surface area contributed by atoms with Gasteiger partial charge in [-0.2, -0.15) is 0 Å². The van der Waals surface area contributed by atoms with Crippen LogP contribution in [0.25, 0.3) is 0 Å². The van der Waals surface area contributed by atoms with Crippen molar-refractivity contribution >= 4 is 11.9 Å². The van der Waals surface area contributed by atoms with Gasteiger partial charge in [0.05, 0.1) is 42.2 Å². The number of carboxylic acid groups (broad SMARTS) is 1. The number of amides is 1. The topological polar surface area (TPSA) is 153 Å². The van der Waals surface area contributed by atoms with Gasteiger partial charge in [-0.1, -0.05) is 26.0 Å². The van der Waals surface area contributed by atoms with Gasteiger partial charge in [-0.3, -0.25) is 4.79 Å². The summed E-state index contributed by atoms with van der Waals surface area (Å²) in [6.45, 7) is 7.12. The van der Waals surface area contributed by atoms with E-state index in [0.717, 1.165) is 12.8 Å². The first-order valence-electron chi connectivity index (χ1n) is 9.96. The highest BCUT2D eigenvalue weighted by atomic mass is 16.5. The Bertz CT molecular complexity index is 745. The molecule has 0 aromatic carbocycles. The molecule has 1 unspecified atom stereocenters. The molecular formula is C19H31N5O5. The maximum Gasteiger partial charge on any atom is 0.333 e. The van der Waals surface area contributed by atoms with Crippen LogP contribution in [0.2, 0.25) is 0 Å². The average molecular weight is 409 g/mol. The molecule has 1 aliphatic carbocycles. The second-order valence-corrected chi connectivity index (χ2v) is 7.26. The first-order chi connectivity index (χ1) is 13.7. The molecular weight excluding hydrogens is 378 g/mol. The molecule has 162 valence electrons. The van der Waals surface area contributed by atoms with Crippen molar-refractivity contribution < 1.29 is 24.5 Å². The molecule has 1 heterocycles. The van der Waals surface area contributed by atoms with E-state index >= 15 is 0 Å². The van der Waals surface area contributed by atoms with Gasteiger partial charge in [0.15, 0.2) is 0 Å². The molecule has 5 atom stereocenters. The quantitative estimate of drug-likeness (QED) is 0.465. The zero-order chi connectivity index (χ0) is 21.7. The van der Waals surface area contributed by atoms with E-state index in [4.69, 9.17) is 10.5 Å². The van der Waals surface area contributed by atoms with Gasteiger partial charge in [0, 0.05) is 6.92 Å². The summed E-state index contributed by atoms with van der Waals surface area (Å²) < 4.78 is 7.41. The van der Waals surface area contributed by atoms with Gasteiger partial charge in [-0.15, -0.1) is 5.10 Å². The largest absolute Gasteiger partial charge is 0.478 e. The summed E-state index contributed by atoms with van der Waals surface area (Å²) in [6.07, 6.45) is 3.32. The minimum atomic E-state index is -1.15. The number of aliphatic carboxylic acids is 1. The summed E-state index contributed by atoms with van der Waals surface area (Å²) in [5.74, 6) is -1.45. The average Bonchev–Trinajstić information content (AvgIpc) is 3.16. The lowest BCUT2D eigenvalue weighted by Gasteiger charge is -2.40. The summed E-state index contributed by atoms with van der Waals surface area (Å²) in [5.41, 5.74) is 6.79. The smallest absolute Gasteiger partial charge is 0.333 e. The van der Waals surface area contributed by atoms with E-state index in [1.54, 1.807) is 6.92 Å². The Labute approximate surface area is 170 Å². The number of aliphatic hydroxyl groups excluding tert-OH is 1. The number of aliphatic hydroxyl groups is 1. The highest BCUT2D eigenvalue weighted by molar-refractivity contribution is 5.88. The fourth-order valence-corrected chi connectivity index (χ4v) is 3.55. The molecule has 0 radical (unpaired) electrons. The van der Waals surface area contributed by atoms with Gasteiger partial charge in [-0.05, 0) is 25.3 Å². The Morgan fingerprint density at radius 3 is 2.48 bits per heavy atom. The van der Waals surface area contributed by atoms with Gasteiger partial charge < -0.3 is 26.0 Å². The molecule has 29 heavy (non-hydrogen) atoms. The predicted octanol–water partition coefficient (Wildman–Crippen LogP) is 0.693. The van der Waals surface area contributed by atoms with Gasteiger partial charge in [0.1, 0.15) is 11.7 Å². The van der Waals surface area contributed by atoms with Crippen molar-refractivity contribution in [1.29, 1.82) is 0 Å². The highest BCUT2D eigenvalue weighted by Crippen LogP contribution is 2.32.